The first kappa shape index (κ1) is 20.9. The maximum absolute atomic E-state index is 13.1. The number of carbonyl (C=O) groups is 2. The summed E-state index contributed by atoms with van der Waals surface area (Å²) in [6.45, 7) is 7.91. The van der Waals surface area contributed by atoms with Gasteiger partial charge in [-0.05, 0) is 56.5 Å². The average molecular weight is 434 g/mol. The minimum Gasteiger partial charge on any atom is -0.462 e. The van der Waals surface area contributed by atoms with Gasteiger partial charge in [0.25, 0.3) is 5.91 Å². The number of benzene rings is 2. The Balaban J connectivity index is 1.73. The highest BCUT2D eigenvalue weighted by molar-refractivity contribution is 7.15. The summed E-state index contributed by atoms with van der Waals surface area (Å²) in [6, 6.07) is 13.5. The van der Waals surface area contributed by atoms with Crippen LogP contribution in [0.5, 0.6) is 0 Å². The smallest absolute Gasteiger partial charge is 0.341 e. The molecule has 0 fully saturated rings. The van der Waals surface area contributed by atoms with Crippen molar-refractivity contribution in [3.8, 4) is 11.1 Å². The number of carbonyl (C=O) groups excluding carboxylic acids is 2. The molecule has 0 aliphatic carbocycles. The third-order valence-electron chi connectivity index (χ3n) is 5.34. The molecule has 0 radical (unpaired) electrons. The molecule has 1 amide bonds. The number of fused-ring (bicyclic) bond motifs is 1. The molecule has 0 saturated carbocycles. The van der Waals surface area contributed by atoms with E-state index in [1.54, 1.807) is 6.92 Å². The Labute approximate surface area is 184 Å². The quantitative estimate of drug-likeness (QED) is 0.364. The number of amides is 1. The molecular formula is C25H23NO4S. The number of ether oxygens (including phenoxy) is 1. The first-order valence-corrected chi connectivity index (χ1v) is 10.9. The van der Waals surface area contributed by atoms with Gasteiger partial charge in [-0.1, -0.05) is 30.3 Å². The van der Waals surface area contributed by atoms with Gasteiger partial charge in [0.05, 0.1) is 6.61 Å². The minimum atomic E-state index is -0.467. The first-order chi connectivity index (χ1) is 14.9. The van der Waals surface area contributed by atoms with Crippen molar-refractivity contribution in [1.82, 2.24) is 0 Å². The number of furan rings is 1. The third kappa shape index (κ3) is 3.86. The molecule has 0 aliphatic rings. The minimum absolute atomic E-state index is 0.240. The number of aryl methyl sites for hydroxylation is 3. The van der Waals surface area contributed by atoms with E-state index in [0.29, 0.717) is 16.1 Å². The predicted octanol–water partition coefficient (Wildman–Crippen LogP) is 6.52. The number of anilines is 1. The summed E-state index contributed by atoms with van der Waals surface area (Å²) in [5.74, 6) is -0.619. The zero-order valence-electron chi connectivity index (χ0n) is 17.9. The van der Waals surface area contributed by atoms with Crippen LogP contribution in [0.25, 0.3) is 22.1 Å². The number of hydrogen-bond acceptors (Lipinski definition) is 5. The van der Waals surface area contributed by atoms with Gasteiger partial charge in [0, 0.05) is 21.9 Å². The van der Waals surface area contributed by atoms with Gasteiger partial charge in [-0.15, -0.1) is 11.3 Å². The summed E-state index contributed by atoms with van der Waals surface area (Å²) in [7, 11) is 0. The summed E-state index contributed by atoms with van der Waals surface area (Å²) in [5.41, 5.74) is 5.65. The number of thiophene rings is 1. The molecule has 6 heteroatoms. The second kappa shape index (κ2) is 8.40. The van der Waals surface area contributed by atoms with Crippen LogP contribution < -0.4 is 5.32 Å². The lowest BCUT2D eigenvalue weighted by atomic mass is 10.0. The standard InChI is InChI=1S/C25H23NO4S/c1-5-29-25(28)21-19(17-9-7-6-8-10-17)13-31-24(21)26-23(27)22-16(4)18-11-14(2)15(3)12-20(18)30-22/h6-13H,5H2,1-4H3,(H,26,27). The van der Waals surface area contributed by atoms with Crippen LogP contribution in [-0.2, 0) is 4.74 Å². The third-order valence-corrected chi connectivity index (χ3v) is 6.24. The van der Waals surface area contributed by atoms with Crippen molar-refractivity contribution in [3.63, 3.8) is 0 Å². The average Bonchev–Trinajstić information content (AvgIpc) is 3.31. The van der Waals surface area contributed by atoms with Crippen molar-refractivity contribution in [2.45, 2.75) is 27.7 Å². The van der Waals surface area contributed by atoms with E-state index >= 15 is 0 Å². The number of rotatable bonds is 5. The number of hydrogen-bond donors (Lipinski definition) is 1. The Bertz CT molecular complexity index is 1280. The highest BCUT2D eigenvalue weighted by atomic mass is 32.1. The lowest BCUT2D eigenvalue weighted by molar-refractivity contribution is 0.0529. The highest BCUT2D eigenvalue weighted by Crippen LogP contribution is 2.37. The van der Waals surface area contributed by atoms with Crippen LogP contribution in [0.15, 0.2) is 52.3 Å². The van der Waals surface area contributed by atoms with E-state index in [1.165, 1.54) is 11.3 Å². The van der Waals surface area contributed by atoms with Gasteiger partial charge in [0.2, 0.25) is 0 Å². The fraction of sp³-hybridized carbons (Fsp3) is 0.200. The molecule has 0 spiro atoms. The van der Waals surface area contributed by atoms with Crippen molar-refractivity contribution in [2.24, 2.45) is 0 Å². The van der Waals surface area contributed by atoms with Crippen LogP contribution in [0.2, 0.25) is 0 Å². The Morgan fingerprint density at radius 1 is 1.06 bits per heavy atom. The van der Waals surface area contributed by atoms with Crippen LogP contribution in [-0.4, -0.2) is 18.5 Å². The van der Waals surface area contributed by atoms with Crippen molar-refractivity contribution in [3.05, 3.63) is 75.9 Å². The molecule has 158 valence electrons. The maximum Gasteiger partial charge on any atom is 0.341 e. The number of nitrogens with one attached hydrogen (secondary N) is 1. The Hall–Kier alpha value is -3.38. The molecule has 2 aromatic heterocycles. The summed E-state index contributed by atoms with van der Waals surface area (Å²) in [6.07, 6.45) is 0. The molecular weight excluding hydrogens is 410 g/mol. The first-order valence-electron chi connectivity index (χ1n) is 10.1. The maximum atomic E-state index is 13.1. The van der Waals surface area contributed by atoms with E-state index in [4.69, 9.17) is 9.15 Å². The van der Waals surface area contributed by atoms with Gasteiger partial charge in [-0.3, -0.25) is 4.79 Å². The van der Waals surface area contributed by atoms with Crippen LogP contribution in [0.3, 0.4) is 0 Å². The van der Waals surface area contributed by atoms with Gasteiger partial charge in [0.1, 0.15) is 16.1 Å². The molecule has 2 heterocycles. The van der Waals surface area contributed by atoms with Gasteiger partial charge in [0.15, 0.2) is 5.76 Å². The summed E-state index contributed by atoms with van der Waals surface area (Å²) < 4.78 is 11.2. The fourth-order valence-electron chi connectivity index (χ4n) is 3.54. The molecule has 4 rings (SSSR count). The monoisotopic (exact) mass is 433 g/mol. The van der Waals surface area contributed by atoms with Crippen LogP contribution in [0.4, 0.5) is 5.00 Å². The second-order valence-corrected chi connectivity index (χ2v) is 8.26. The van der Waals surface area contributed by atoms with E-state index in [0.717, 1.165) is 33.2 Å². The molecule has 0 saturated heterocycles. The van der Waals surface area contributed by atoms with Crippen molar-refractivity contribution in [2.75, 3.05) is 11.9 Å². The molecule has 2 aromatic carbocycles. The van der Waals surface area contributed by atoms with Gasteiger partial charge in [-0.2, -0.15) is 0 Å². The summed E-state index contributed by atoms with van der Waals surface area (Å²) in [4.78, 5) is 25.8. The van der Waals surface area contributed by atoms with Crippen molar-refractivity contribution >= 4 is 39.2 Å². The Morgan fingerprint density at radius 2 is 1.77 bits per heavy atom. The summed E-state index contributed by atoms with van der Waals surface area (Å²) >= 11 is 1.29. The van der Waals surface area contributed by atoms with Crippen LogP contribution in [0.1, 0.15) is 44.5 Å². The molecule has 1 N–H and O–H groups in total. The molecule has 0 unspecified atom stereocenters. The van der Waals surface area contributed by atoms with E-state index in [1.807, 2.05) is 68.6 Å². The SMILES string of the molecule is CCOC(=O)c1c(-c2ccccc2)csc1NC(=O)c1oc2cc(C)c(C)cc2c1C. The van der Waals surface area contributed by atoms with E-state index in [2.05, 4.69) is 5.32 Å². The van der Waals surface area contributed by atoms with E-state index in [-0.39, 0.29) is 12.4 Å². The van der Waals surface area contributed by atoms with E-state index in [9.17, 15) is 9.59 Å². The molecule has 4 aromatic rings. The topological polar surface area (TPSA) is 68.5 Å². The largest absolute Gasteiger partial charge is 0.462 e. The predicted molar refractivity (Wildman–Crippen MR) is 124 cm³/mol. The van der Waals surface area contributed by atoms with Crippen molar-refractivity contribution < 1.29 is 18.7 Å². The zero-order chi connectivity index (χ0) is 22.1. The Kier molecular flexibility index (Phi) is 5.65. The Morgan fingerprint density at radius 3 is 2.48 bits per heavy atom. The van der Waals surface area contributed by atoms with Crippen molar-refractivity contribution in [1.29, 1.82) is 0 Å². The summed E-state index contributed by atoms with van der Waals surface area (Å²) in [5, 5.41) is 6.08. The van der Waals surface area contributed by atoms with Gasteiger partial charge in [-0.25, -0.2) is 4.79 Å². The molecule has 0 atom stereocenters. The second-order valence-electron chi connectivity index (χ2n) is 7.38. The fourth-order valence-corrected chi connectivity index (χ4v) is 4.49. The number of esters is 1. The molecule has 5 nitrogen and oxygen atoms in total. The lowest BCUT2D eigenvalue weighted by Gasteiger charge is -2.08. The van der Waals surface area contributed by atoms with Crippen LogP contribution >= 0.6 is 11.3 Å². The van der Waals surface area contributed by atoms with Gasteiger partial charge >= 0.3 is 5.97 Å². The lowest BCUT2D eigenvalue weighted by Crippen LogP contribution is -2.15. The van der Waals surface area contributed by atoms with E-state index < -0.39 is 11.9 Å². The zero-order valence-corrected chi connectivity index (χ0v) is 18.7. The van der Waals surface area contributed by atoms with Crippen LogP contribution in [0, 0.1) is 20.8 Å². The molecule has 0 aliphatic heterocycles. The van der Waals surface area contributed by atoms with Gasteiger partial charge < -0.3 is 14.5 Å². The molecule has 31 heavy (non-hydrogen) atoms. The highest BCUT2D eigenvalue weighted by Gasteiger charge is 2.25. The normalized spacial score (nSPS) is 11.0. The molecule has 0 bridgehead atoms.